The van der Waals surface area contributed by atoms with Gasteiger partial charge in [0.25, 0.3) is 0 Å². The first kappa shape index (κ1) is 16.6. The van der Waals surface area contributed by atoms with Crippen molar-refractivity contribution in [1.29, 1.82) is 0 Å². The highest BCUT2D eigenvalue weighted by molar-refractivity contribution is 5.92. The van der Waals surface area contributed by atoms with Crippen molar-refractivity contribution in [2.24, 2.45) is 5.92 Å². The molecule has 1 N–H and O–H groups in total. The van der Waals surface area contributed by atoms with Gasteiger partial charge in [-0.25, -0.2) is 4.79 Å². The van der Waals surface area contributed by atoms with Crippen LogP contribution in [0.5, 0.6) is 0 Å². The first-order valence-electron chi connectivity index (χ1n) is 8.91. The topological polar surface area (TPSA) is 86.1 Å². The lowest BCUT2D eigenvalue weighted by Gasteiger charge is -2.36. The standard InChI is InChI=1S/C17H23N7O2/c1-21(2)17(26)23-10-8-22(9-11-23)14-5-3-4-13-18-16(20-24(13)14)19-15(25)12-6-7-12/h3-5,12H,6-11H2,1-2H3,(H,19,20,25). The lowest BCUT2D eigenvalue weighted by atomic mass is 10.3. The van der Waals surface area contributed by atoms with Crippen LogP contribution in [-0.4, -0.2) is 76.6 Å². The highest BCUT2D eigenvalue weighted by atomic mass is 16.2. The van der Waals surface area contributed by atoms with Crippen LogP contribution in [-0.2, 0) is 4.79 Å². The van der Waals surface area contributed by atoms with Crippen molar-refractivity contribution in [2.75, 3.05) is 50.5 Å². The van der Waals surface area contributed by atoms with E-state index in [0.717, 1.165) is 31.7 Å². The van der Waals surface area contributed by atoms with Gasteiger partial charge in [0.2, 0.25) is 11.9 Å². The molecule has 0 unspecified atom stereocenters. The molecule has 2 aliphatic rings. The number of piperazine rings is 1. The fraction of sp³-hybridized carbons (Fsp3) is 0.529. The summed E-state index contributed by atoms with van der Waals surface area (Å²) in [6.07, 6.45) is 1.89. The summed E-state index contributed by atoms with van der Waals surface area (Å²) in [5.74, 6) is 1.37. The molecule has 0 radical (unpaired) electrons. The Morgan fingerprint density at radius 3 is 2.54 bits per heavy atom. The summed E-state index contributed by atoms with van der Waals surface area (Å²) >= 11 is 0. The van der Waals surface area contributed by atoms with Crippen LogP contribution in [0.3, 0.4) is 0 Å². The van der Waals surface area contributed by atoms with Gasteiger partial charge in [0.05, 0.1) is 0 Å². The number of hydrogen-bond donors (Lipinski definition) is 1. The minimum atomic E-state index is -0.00160. The van der Waals surface area contributed by atoms with Crippen LogP contribution in [0, 0.1) is 5.92 Å². The Labute approximate surface area is 151 Å². The summed E-state index contributed by atoms with van der Waals surface area (Å²) in [5.41, 5.74) is 0.695. The molecule has 0 aromatic carbocycles. The lowest BCUT2D eigenvalue weighted by Crippen LogP contribution is -2.51. The van der Waals surface area contributed by atoms with Gasteiger partial charge in [-0.3, -0.25) is 10.1 Å². The number of amides is 3. The van der Waals surface area contributed by atoms with E-state index in [1.54, 1.807) is 23.5 Å². The number of anilines is 2. The van der Waals surface area contributed by atoms with E-state index in [-0.39, 0.29) is 17.9 Å². The molecule has 0 spiro atoms. The summed E-state index contributed by atoms with van der Waals surface area (Å²) in [4.78, 5) is 34.1. The van der Waals surface area contributed by atoms with Gasteiger partial charge < -0.3 is 14.7 Å². The number of rotatable bonds is 3. The van der Waals surface area contributed by atoms with Crippen molar-refractivity contribution < 1.29 is 9.59 Å². The molecule has 3 amide bonds. The third-order valence-corrected chi connectivity index (χ3v) is 4.78. The third-order valence-electron chi connectivity index (χ3n) is 4.78. The average Bonchev–Trinajstić information content (AvgIpc) is 3.41. The van der Waals surface area contributed by atoms with E-state index in [2.05, 4.69) is 20.3 Å². The predicted octanol–water partition coefficient (Wildman–Crippen LogP) is 0.881. The zero-order valence-electron chi connectivity index (χ0n) is 15.1. The number of hydrogen-bond acceptors (Lipinski definition) is 5. The second kappa shape index (κ2) is 6.47. The van der Waals surface area contributed by atoms with Crippen LogP contribution in [0.25, 0.3) is 5.65 Å². The molecule has 9 heteroatoms. The maximum Gasteiger partial charge on any atom is 0.319 e. The monoisotopic (exact) mass is 357 g/mol. The molecule has 0 atom stereocenters. The van der Waals surface area contributed by atoms with E-state index in [1.807, 2.05) is 23.1 Å². The number of carbonyl (C=O) groups is 2. The summed E-state index contributed by atoms with van der Waals surface area (Å²) in [5, 5.41) is 7.26. The number of nitrogens with zero attached hydrogens (tertiary/aromatic N) is 6. The Balaban J connectivity index is 1.50. The van der Waals surface area contributed by atoms with Gasteiger partial charge in [0, 0.05) is 46.2 Å². The van der Waals surface area contributed by atoms with Crippen LogP contribution in [0.15, 0.2) is 18.2 Å². The van der Waals surface area contributed by atoms with Gasteiger partial charge >= 0.3 is 6.03 Å². The van der Waals surface area contributed by atoms with Crippen LogP contribution in [0.1, 0.15) is 12.8 Å². The number of nitrogens with one attached hydrogen (secondary N) is 1. The largest absolute Gasteiger partial charge is 0.353 e. The van der Waals surface area contributed by atoms with E-state index < -0.39 is 0 Å². The van der Waals surface area contributed by atoms with Crippen molar-refractivity contribution >= 4 is 29.4 Å². The molecular weight excluding hydrogens is 334 g/mol. The molecule has 2 aromatic rings. The number of pyridine rings is 1. The molecule has 1 saturated carbocycles. The number of urea groups is 1. The smallest absolute Gasteiger partial charge is 0.319 e. The minimum Gasteiger partial charge on any atom is -0.353 e. The Hall–Kier alpha value is -2.84. The zero-order valence-corrected chi connectivity index (χ0v) is 15.1. The average molecular weight is 357 g/mol. The maximum absolute atomic E-state index is 12.1. The fourth-order valence-corrected chi connectivity index (χ4v) is 3.15. The second-order valence-electron chi connectivity index (χ2n) is 7.00. The van der Waals surface area contributed by atoms with E-state index in [1.165, 1.54) is 0 Å². The Kier molecular flexibility index (Phi) is 4.14. The molecule has 9 nitrogen and oxygen atoms in total. The minimum absolute atomic E-state index is 0.00160. The fourth-order valence-electron chi connectivity index (χ4n) is 3.15. The second-order valence-corrected chi connectivity index (χ2v) is 7.00. The first-order valence-corrected chi connectivity index (χ1v) is 8.91. The van der Waals surface area contributed by atoms with Gasteiger partial charge in [0.15, 0.2) is 5.65 Å². The molecule has 2 aromatic heterocycles. The normalized spacial score (nSPS) is 17.5. The number of carbonyl (C=O) groups excluding carboxylic acids is 2. The first-order chi connectivity index (χ1) is 12.5. The van der Waals surface area contributed by atoms with E-state index in [9.17, 15) is 9.59 Å². The van der Waals surface area contributed by atoms with Crippen LogP contribution in [0.2, 0.25) is 0 Å². The van der Waals surface area contributed by atoms with Gasteiger partial charge in [0.1, 0.15) is 5.82 Å². The van der Waals surface area contributed by atoms with Crippen molar-refractivity contribution in [3.8, 4) is 0 Å². The summed E-state index contributed by atoms with van der Waals surface area (Å²) in [7, 11) is 3.53. The molecule has 1 saturated heterocycles. The van der Waals surface area contributed by atoms with Gasteiger partial charge in [-0.15, -0.1) is 5.10 Å². The Morgan fingerprint density at radius 2 is 1.88 bits per heavy atom. The lowest BCUT2D eigenvalue weighted by molar-refractivity contribution is -0.117. The molecule has 2 fully saturated rings. The van der Waals surface area contributed by atoms with Crippen LogP contribution in [0.4, 0.5) is 16.6 Å². The van der Waals surface area contributed by atoms with Gasteiger partial charge in [-0.05, 0) is 25.0 Å². The van der Waals surface area contributed by atoms with E-state index >= 15 is 0 Å². The molecule has 4 rings (SSSR count). The van der Waals surface area contributed by atoms with Gasteiger partial charge in [-0.2, -0.15) is 9.50 Å². The van der Waals surface area contributed by atoms with Gasteiger partial charge in [-0.1, -0.05) is 6.07 Å². The molecule has 3 heterocycles. The summed E-state index contributed by atoms with van der Waals surface area (Å²) in [6.45, 7) is 2.77. The number of aromatic nitrogens is 3. The Morgan fingerprint density at radius 1 is 1.15 bits per heavy atom. The van der Waals surface area contributed by atoms with E-state index in [4.69, 9.17) is 0 Å². The zero-order chi connectivity index (χ0) is 18.3. The summed E-state index contributed by atoms with van der Waals surface area (Å²) in [6, 6.07) is 5.82. The highest BCUT2D eigenvalue weighted by Crippen LogP contribution is 2.30. The highest BCUT2D eigenvalue weighted by Gasteiger charge is 2.30. The Bertz CT molecular complexity index is 835. The van der Waals surface area contributed by atoms with E-state index in [0.29, 0.717) is 24.7 Å². The molecule has 138 valence electrons. The number of fused-ring (bicyclic) bond motifs is 1. The van der Waals surface area contributed by atoms with Crippen molar-refractivity contribution in [3.05, 3.63) is 18.2 Å². The molecule has 1 aliphatic carbocycles. The van der Waals surface area contributed by atoms with Crippen LogP contribution >= 0.6 is 0 Å². The van der Waals surface area contributed by atoms with Crippen molar-refractivity contribution in [1.82, 2.24) is 24.4 Å². The molecule has 26 heavy (non-hydrogen) atoms. The summed E-state index contributed by atoms with van der Waals surface area (Å²) < 4.78 is 1.76. The molecular formula is C17H23N7O2. The maximum atomic E-state index is 12.1. The third kappa shape index (κ3) is 3.16. The molecule has 0 bridgehead atoms. The van der Waals surface area contributed by atoms with Crippen LogP contribution < -0.4 is 10.2 Å². The predicted molar refractivity (Wildman–Crippen MR) is 97.2 cm³/mol. The molecule has 1 aliphatic heterocycles. The van der Waals surface area contributed by atoms with Crippen molar-refractivity contribution in [2.45, 2.75) is 12.8 Å². The van der Waals surface area contributed by atoms with Crippen molar-refractivity contribution in [3.63, 3.8) is 0 Å². The quantitative estimate of drug-likeness (QED) is 0.881. The SMILES string of the molecule is CN(C)C(=O)N1CCN(c2cccc3nc(NC(=O)C4CC4)nn23)CC1.